The molecule has 1 heterocycles. The maximum Gasteiger partial charge on any atom is 0.295 e. The molecule has 38 heavy (non-hydrogen) atoms. The molecular formula is C29H40N4O5. The number of Topliss-reactive ketones (excluding diaryl/α,β-unsaturated/α-hetero) is 1. The largest absolute Gasteiger partial charge is 0.497 e. The highest BCUT2D eigenvalue weighted by Gasteiger charge is 2.36. The highest BCUT2D eigenvalue weighted by molar-refractivity contribution is 6.45. The van der Waals surface area contributed by atoms with E-state index in [4.69, 9.17) is 4.74 Å². The van der Waals surface area contributed by atoms with Gasteiger partial charge in [-0.25, -0.2) is 0 Å². The number of aromatic amines is 1. The average molecular weight is 525 g/mol. The number of fused-ring (bicyclic) bond motifs is 1. The van der Waals surface area contributed by atoms with Gasteiger partial charge in [0, 0.05) is 49.3 Å². The summed E-state index contributed by atoms with van der Waals surface area (Å²) in [6, 6.07) is 5.50. The lowest BCUT2D eigenvalue weighted by atomic mass is 9.88. The van der Waals surface area contributed by atoms with Crippen LogP contribution < -0.4 is 4.74 Å². The number of hydrogen-bond donors (Lipinski definition) is 1. The van der Waals surface area contributed by atoms with Crippen molar-refractivity contribution in [2.24, 2.45) is 0 Å². The molecule has 2 saturated carbocycles. The number of ether oxygens (including phenoxy) is 1. The summed E-state index contributed by atoms with van der Waals surface area (Å²) in [6.45, 7) is -0.615. The van der Waals surface area contributed by atoms with Gasteiger partial charge in [0.2, 0.25) is 11.8 Å². The molecule has 0 saturated heterocycles. The highest BCUT2D eigenvalue weighted by Crippen LogP contribution is 2.31. The smallest absolute Gasteiger partial charge is 0.295 e. The Kier molecular flexibility index (Phi) is 9.07. The third-order valence-corrected chi connectivity index (χ3v) is 7.99. The Morgan fingerprint density at radius 2 is 1.45 bits per heavy atom. The van der Waals surface area contributed by atoms with E-state index in [2.05, 4.69) is 4.98 Å². The molecule has 2 aliphatic carbocycles. The minimum absolute atomic E-state index is 0.153. The normalized spacial score (nSPS) is 16.7. The zero-order valence-corrected chi connectivity index (χ0v) is 22.8. The molecule has 0 aliphatic heterocycles. The van der Waals surface area contributed by atoms with Gasteiger partial charge in [-0.15, -0.1) is 0 Å². The Morgan fingerprint density at radius 3 is 2.00 bits per heavy atom. The molecule has 4 rings (SSSR count). The van der Waals surface area contributed by atoms with Crippen molar-refractivity contribution >= 4 is 34.4 Å². The Bertz CT molecular complexity index is 1140. The van der Waals surface area contributed by atoms with Gasteiger partial charge < -0.3 is 24.4 Å². The number of H-pyrrole nitrogens is 1. The standard InChI is InChI=1S/C29H40N4O5/c1-31(2)26(34)18-32(29(37)28(36)24-17-30-25-16-22(38-3)14-15-23(24)25)19-27(35)33(20-10-6-4-7-11-20)21-12-8-5-9-13-21/h14-17,20-21,30H,4-13,18-19H2,1-3H3. The molecule has 206 valence electrons. The summed E-state index contributed by atoms with van der Waals surface area (Å²) in [4.78, 5) is 61.1. The van der Waals surface area contributed by atoms with Crippen LogP contribution in [0.3, 0.4) is 0 Å². The third kappa shape index (κ3) is 6.19. The quantitative estimate of drug-likeness (QED) is 0.397. The van der Waals surface area contributed by atoms with Crippen LogP contribution in [0.5, 0.6) is 5.75 Å². The number of nitrogens with one attached hydrogen (secondary N) is 1. The fourth-order valence-electron chi connectivity index (χ4n) is 5.85. The molecular weight excluding hydrogens is 484 g/mol. The second-order valence-electron chi connectivity index (χ2n) is 10.8. The molecule has 2 fully saturated rings. The molecule has 0 bridgehead atoms. The Balaban J connectivity index is 1.59. The summed E-state index contributed by atoms with van der Waals surface area (Å²) in [7, 11) is 4.75. The van der Waals surface area contributed by atoms with Crippen molar-refractivity contribution in [1.29, 1.82) is 0 Å². The second-order valence-corrected chi connectivity index (χ2v) is 10.8. The topological polar surface area (TPSA) is 103 Å². The molecule has 9 heteroatoms. The van der Waals surface area contributed by atoms with E-state index < -0.39 is 11.7 Å². The molecule has 1 N–H and O–H groups in total. The zero-order valence-electron chi connectivity index (χ0n) is 22.8. The summed E-state index contributed by atoms with van der Waals surface area (Å²) in [5.41, 5.74) is 0.868. The van der Waals surface area contributed by atoms with Crippen LogP contribution in [-0.2, 0) is 14.4 Å². The molecule has 2 aromatic rings. The maximum atomic E-state index is 13.9. The van der Waals surface area contributed by atoms with Crippen molar-refractivity contribution < 1.29 is 23.9 Å². The summed E-state index contributed by atoms with van der Waals surface area (Å²) < 4.78 is 5.25. The number of benzene rings is 1. The van der Waals surface area contributed by atoms with Crippen molar-refractivity contribution in [3.8, 4) is 5.75 Å². The molecule has 0 spiro atoms. The van der Waals surface area contributed by atoms with E-state index in [9.17, 15) is 19.2 Å². The summed E-state index contributed by atoms with van der Waals surface area (Å²) in [6.07, 6.45) is 12.1. The number of likely N-dealkylation sites (N-methyl/N-ethyl adjacent to an activating group) is 1. The number of aromatic nitrogens is 1. The van der Waals surface area contributed by atoms with Crippen LogP contribution in [-0.4, -0.2) is 89.6 Å². The van der Waals surface area contributed by atoms with Crippen LogP contribution >= 0.6 is 0 Å². The van der Waals surface area contributed by atoms with E-state index >= 15 is 0 Å². The highest BCUT2D eigenvalue weighted by atomic mass is 16.5. The number of nitrogens with zero attached hydrogens (tertiary/aromatic N) is 3. The van der Waals surface area contributed by atoms with Gasteiger partial charge >= 0.3 is 0 Å². The number of carbonyl (C=O) groups is 4. The number of rotatable bonds is 9. The molecule has 1 aromatic carbocycles. The number of carbonyl (C=O) groups excluding carboxylic acids is 4. The van der Waals surface area contributed by atoms with Crippen molar-refractivity contribution in [3.63, 3.8) is 0 Å². The first-order valence-electron chi connectivity index (χ1n) is 13.8. The number of hydrogen-bond acceptors (Lipinski definition) is 5. The first-order chi connectivity index (χ1) is 18.3. The van der Waals surface area contributed by atoms with Crippen LogP contribution in [0.1, 0.15) is 74.6 Å². The minimum Gasteiger partial charge on any atom is -0.497 e. The zero-order chi connectivity index (χ0) is 27.2. The molecule has 9 nitrogen and oxygen atoms in total. The lowest BCUT2D eigenvalue weighted by molar-refractivity contribution is -0.145. The predicted molar refractivity (Wildman–Crippen MR) is 145 cm³/mol. The first-order valence-corrected chi connectivity index (χ1v) is 13.8. The van der Waals surface area contributed by atoms with Crippen LogP contribution in [0.15, 0.2) is 24.4 Å². The number of amides is 3. The van der Waals surface area contributed by atoms with Crippen molar-refractivity contribution in [2.75, 3.05) is 34.3 Å². The fourth-order valence-corrected chi connectivity index (χ4v) is 5.85. The summed E-state index contributed by atoms with van der Waals surface area (Å²) in [5, 5.41) is 0.584. The lowest BCUT2D eigenvalue weighted by Gasteiger charge is -2.42. The van der Waals surface area contributed by atoms with E-state index in [1.54, 1.807) is 39.4 Å². The van der Waals surface area contributed by atoms with Gasteiger partial charge in [-0.05, 0) is 37.8 Å². The Hall–Kier alpha value is -3.36. The van der Waals surface area contributed by atoms with Gasteiger partial charge in [-0.3, -0.25) is 19.2 Å². The minimum atomic E-state index is -0.850. The number of ketones is 1. The van der Waals surface area contributed by atoms with E-state index in [0.29, 0.717) is 16.7 Å². The molecule has 1 aromatic heterocycles. The van der Waals surface area contributed by atoms with Crippen LogP contribution in [0.2, 0.25) is 0 Å². The molecule has 0 radical (unpaired) electrons. The van der Waals surface area contributed by atoms with Crippen LogP contribution in [0.4, 0.5) is 0 Å². The molecule has 0 unspecified atom stereocenters. The van der Waals surface area contributed by atoms with Gasteiger partial charge in [0.1, 0.15) is 18.8 Å². The third-order valence-electron chi connectivity index (χ3n) is 7.99. The summed E-state index contributed by atoms with van der Waals surface area (Å²) >= 11 is 0. The van der Waals surface area contributed by atoms with Crippen molar-refractivity contribution in [2.45, 2.75) is 76.3 Å². The lowest BCUT2D eigenvalue weighted by Crippen LogP contribution is -2.54. The maximum absolute atomic E-state index is 13.9. The first kappa shape index (κ1) is 27.7. The van der Waals surface area contributed by atoms with E-state index in [1.165, 1.54) is 23.9 Å². The molecule has 2 aliphatic rings. The van der Waals surface area contributed by atoms with E-state index in [0.717, 1.165) is 56.3 Å². The fraction of sp³-hybridized carbons (Fsp3) is 0.586. The van der Waals surface area contributed by atoms with Crippen LogP contribution in [0, 0.1) is 0 Å². The van der Waals surface area contributed by atoms with Gasteiger partial charge in [-0.2, -0.15) is 0 Å². The Morgan fingerprint density at radius 1 is 0.868 bits per heavy atom. The predicted octanol–water partition coefficient (Wildman–Crippen LogP) is 3.77. The molecule has 3 amide bonds. The average Bonchev–Trinajstić information content (AvgIpc) is 3.36. The van der Waals surface area contributed by atoms with Gasteiger partial charge in [0.25, 0.3) is 11.7 Å². The van der Waals surface area contributed by atoms with Crippen LogP contribution in [0.25, 0.3) is 10.9 Å². The van der Waals surface area contributed by atoms with E-state index in [1.807, 2.05) is 4.90 Å². The summed E-state index contributed by atoms with van der Waals surface area (Å²) in [5.74, 6) is -1.48. The van der Waals surface area contributed by atoms with Gasteiger partial charge in [-0.1, -0.05) is 38.5 Å². The molecule has 0 atom stereocenters. The second kappa shape index (κ2) is 12.5. The SMILES string of the molecule is COc1ccc2c(C(=O)C(=O)N(CC(=O)N(C)C)CC(=O)N(C3CCCCC3)C3CCCCC3)c[nH]c2c1. The van der Waals surface area contributed by atoms with E-state index in [-0.39, 0.29) is 42.6 Å². The van der Waals surface area contributed by atoms with Gasteiger partial charge in [0.05, 0.1) is 12.7 Å². The van der Waals surface area contributed by atoms with Crippen molar-refractivity contribution in [1.82, 2.24) is 19.7 Å². The van der Waals surface area contributed by atoms with Gasteiger partial charge in [0.15, 0.2) is 0 Å². The number of methoxy groups -OCH3 is 1. The van der Waals surface area contributed by atoms with Crippen molar-refractivity contribution in [3.05, 3.63) is 30.0 Å². The monoisotopic (exact) mass is 524 g/mol. The Labute approximate surface area is 224 Å².